The van der Waals surface area contributed by atoms with Crippen LogP contribution in [0.25, 0.3) is 0 Å². The fraction of sp³-hybridized carbons (Fsp3) is 0.909. The molecule has 2 atom stereocenters. The largest absolute Gasteiger partial charge is 0.459 e. The Morgan fingerprint density at radius 2 is 2.20 bits per heavy atom. The van der Waals surface area contributed by atoms with Gasteiger partial charge >= 0.3 is 5.97 Å². The van der Waals surface area contributed by atoms with Gasteiger partial charge < -0.3 is 10.1 Å². The third kappa shape index (κ3) is 5.42. The quantitative estimate of drug-likeness (QED) is 0.752. The molecule has 1 aliphatic rings. The second kappa shape index (κ2) is 5.21. The molecule has 1 fully saturated rings. The Hall–Kier alpha value is -0.220. The van der Waals surface area contributed by atoms with Gasteiger partial charge in [-0.1, -0.05) is 6.92 Å². The second-order valence-electron chi connectivity index (χ2n) is 5.04. The highest BCUT2D eigenvalue weighted by atomic mass is 32.2. The fourth-order valence-corrected chi connectivity index (χ4v) is 2.75. The van der Waals surface area contributed by atoms with E-state index in [4.69, 9.17) is 4.74 Å². The van der Waals surface area contributed by atoms with E-state index < -0.39 is 0 Å². The van der Waals surface area contributed by atoms with Crippen LogP contribution in [0.3, 0.4) is 0 Å². The molecule has 1 N–H and O–H groups in total. The lowest BCUT2D eigenvalue weighted by Crippen LogP contribution is -2.37. The summed E-state index contributed by atoms with van der Waals surface area (Å²) in [6.07, 6.45) is 1.15. The third-order valence-electron chi connectivity index (χ3n) is 2.15. The molecule has 1 rings (SSSR count). The molecular weight excluding hydrogens is 210 g/mol. The van der Waals surface area contributed by atoms with Crippen LogP contribution in [-0.4, -0.2) is 35.2 Å². The maximum atomic E-state index is 11.4. The first-order valence-electron chi connectivity index (χ1n) is 5.43. The zero-order valence-corrected chi connectivity index (χ0v) is 10.8. The number of nitrogens with one attached hydrogen (secondary N) is 1. The molecular formula is C11H21NO2S. The van der Waals surface area contributed by atoms with Gasteiger partial charge in [0.15, 0.2) is 0 Å². The second-order valence-corrected chi connectivity index (χ2v) is 6.52. The van der Waals surface area contributed by atoms with Gasteiger partial charge in [0.25, 0.3) is 0 Å². The summed E-state index contributed by atoms with van der Waals surface area (Å²) in [4.78, 5) is 11.4. The van der Waals surface area contributed by atoms with Gasteiger partial charge in [0.05, 0.1) is 6.54 Å². The molecule has 0 aromatic rings. The van der Waals surface area contributed by atoms with Crippen LogP contribution in [0.5, 0.6) is 0 Å². The van der Waals surface area contributed by atoms with Crippen LogP contribution in [0.15, 0.2) is 0 Å². The summed E-state index contributed by atoms with van der Waals surface area (Å²) in [5, 5.41) is 3.95. The lowest BCUT2D eigenvalue weighted by atomic mass is 10.2. The average molecular weight is 231 g/mol. The minimum absolute atomic E-state index is 0.160. The van der Waals surface area contributed by atoms with Crippen molar-refractivity contribution in [2.45, 2.75) is 51.0 Å². The van der Waals surface area contributed by atoms with E-state index in [2.05, 4.69) is 12.2 Å². The molecule has 4 heteroatoms. The van der Waals surface area contributed by atoms with E-state index in [1.165, 1.54) is 0 Å². The third-order valence-corrected chi connectivity index (χ3v) is 3.51. The molecule has 2 unspecified atom stereocenters. The average Bonchev–Trinajstić information content (AvgIpc) is 2.45. The molecule has 0 aromatic heterocycles. The molecule has 3 nitrogen and oxygen atoms in total. The number of hydrogen-bond donors (Lipinski definition) is 1. The fourth-order valence-electron chi connectivity index (χ4n) is 1.56. The van der Waals surface area contributed by atoms with E-state index in [-0.39, 0.29) is 11.6 Å². The van der Waals surface area contributed by atoms with Crippen molar-refractivity contribution < 1.29 is 9.53 Å². The van der Waals surface area contributed by atoms with Gasteiger partial charge in [-0.25, -0.2) is 0 Å². The first-order chi connectivity index (χ1) is 6.87. The SMILES string of the molecule is CC1CC(NCC(=O)OC(C)(C)C)CS1. The smallest absolute Gasteiger partial charge is 0.320 e. The van der Waals surface area contributed by atoms with Crippen molar-refractivity contribution in [2.75, 3.05) is 12.3 Å². The summed E-state index contributed by atoms with van der Waals surface area (Å²) in [6, 6.07) is 0.470. The van der Waals surface area contributed by atoms with Crippen molar-refractivity contribution in [3.8, 4) is 0 Å². The van der Waals surface area contributed by atoms with E-state index in [0.29, 0.717) is 17.8 Å². The van der Waals surface area contributed by atoms with E-state index in [0.717, 1.165) is 12.2 Å². The molecule has 0 aromatic carbocycles. The lowest BCUT2D eigenvalue weighted by Gasteiger charge is -2.20. The van der Waals surface area contributed by atoms with Gasteiger partial charge in [-0.3, -0.25) is 4.79 Å². The molecule has 0 saturated carbocycles. The predicted molar refractivity (Wildman–Crippen MR) is 64.2 cm³/mol. The van der Waals surface area contributed by atoms with Crippen LogP contribution in [0.4, 0.5) is 0 Å². The van der Waals surface area contributed by atoms with Crippen LogP contribution in [-0.2, 0) is 9.53 Å². The molecule has 15 heavy (non-hydrogen) atoms. The van der Waals surface area contributed by atoms with Gasteiger partial charge in [-0.05, 0) is 27.2 Å². The monoisotopic (exact) mass is 231 g/mol. The predicted octanol–water partition coefficient (Wildman–Crippen LogP) is 1.81. The number of thioether (sulfide) groups is 1. The van der Waals surface area contributed by atoms with Crippen LogP contribution in [0.1, 0.15) is 34.1 Å². The molecule has 88 valence electrons. The first kappa shape index (κ1) is 12.8. The van der Waals surface area contributed by atoms with Crippen molar-refractivity contribution in [3.63, 3.8) is 0 Å². The van der Waals surface area contributed by atoms with Crippen molar-refractivity contribution in [3.05, 3.63) is 0 Å². The van der Waals surface area contributed by atoms with Crippen molar-refractivity contribution in [1.29, 1.82) is 0 Å². The van der Waals surface area contributed by atoms with Crippen LogP contribution >= 0.6 is 11.8 Å². The van der Waals surface area contributed by atoms with E-state index in [1.54, 1.807) is 0 Å². The van der Waals surface area contributed by atoms with Crippen molar-refractivity contribution in [2.24, 2.45) is 0 Å². The summed E-state index contributed by atoms with van der Waals surface area (Å²) >= 11 is 1.96. The molecule has 1 aliphatic heterocycles. The highest BCUT2D eigenvalue weighted by Gasteiger charge is 2.23. The minimum Gasteiger partial charge on any atom is -0.459 e. The number of ether oxygens (including phenoxy) is 1. The van der Waals surface area contributed by atoms with Crippen molar-refractivity contribution in [1.82, 2.24) is 5.32 Å². The summed E-state index contributed by atoms with van der Waals surface area (Å²) in [6.45, 7) is 8.21. The Morgan fingerprint density at radius 3 is 2.67 bits per heavy atom. The van der Waals surface area contributed by atoms with Gasteiger partial charge in [0.1, 0.15) is 5.60 Å². The number of rotatable bonds is 3. The number of hydrogen-bond acceptors (Lipinski definition) is 4. The lowest BCUT2D eigenvalue weighted by molar-refractivity contribution is -0.153. The minimum atomic E-state index is -0.378. The highest BCUT2D eigenvalue weighted by molar-refractivity contribution is 8.00. The molecule has 1 saturated heterocycles. The Balaban J connectivity index is 2.17. The zero-order valence-electron chi connectivity index (χ0n) is 10.0. The van der Waals surface area contributed by atoms with Crippen LogP contribution in [0.2, 0.25) is 0 Å². The van der Waals surface area contributed by atoms with E-state index >= 15 is 0 Å². The molecule has 0 radical (unpaired) electrons. The number of carbonyl (C=O) groups excluding carboxylic acids is 1. The van der Waals surface area contributed by atoms with Crippen LogP contribution in [0, 0.1) is 0 Å². The van der Waals surface area contributed by atoms with Crippen molar-refractivity contribution >= 4 is 17.7 Å². The summed E-state index contributed by atoms with van der Waals surface area (Å²) in [5.41, 5.74) is -0.378. The number of esters is 1. The Kier molecular flexibility index (Phi) is 4.46. The van der Waals surface area contributed by atoms with E-state index in [1.807, 2.05) is 32.5 Å². The molecule has 0 bridgehead atoms. The Bertz CT molecular complexity index is 225. The highest BCUT2D eigenvalue weighted by Crippen LogP contribution is 2.25. The maximum Gasteiger partial charge on any atom is 0.320 e. The normalized spacial score (nSPS) is 26.7. The van der Waals surface area contributed by atoms with E-state index in [9.17, 15) is 4.79 Å². The maximum absolute atomic E-state index is 11.4. The molecule has 0 spiro atoms. The molecule has 0 aliphatic carbocycles. The van der Waals surface area contributed by atoms with Crippen LogP contribution < -0.4 is 5.32 Å². The zero-order chi connectivity index (χ0) is 11.5. The Labute approximate surface area is 96.3 Å². The van der Waals surface area contributed by atoms with Gasteiger partial charge in [0, 0.05) is 17.0 Å². The topological polar surface area (TPSA) is 38.3 Å². The van der Waals surface area contributed by atoms with Gasteiger partial charge in [-0.2, -0.15) is 11.8 Å². The number of carbonyl (C=O) groups is 1. The summed E-state index contributed by atoms with van der Waals surface area (Å²) in [5.74, 6) is 0.941. The summed E-state index contributed by atoms with van der Waals surface area (Å²) in [7, 11) is 0. The van der Waals surface area contributed by atoms with Gasteiger partial charge in [-0.15, -0.1) is 0 Å². The Morgan fingerprint density at radius 1 is 1.53 bits per heavy atom. The molecule has 1 heterocycles. The first-order valence-corrected chi connectivity index (χ1v) is 6.48. The van der Waals surface area contributed by atoms with Gasteiger partial charge in [0.2, 0.25) is 0 Å². The summed E-state index contributed by atoms with van der Waals surface area (Å²) < 4.78 is 5.22. The standard InChI is InChI=1S/C11H21NO2S/c1-8-5-9(7-15-8)12-6-10(13)14-11(2,3)4/h8-9,12H,5-7H2,1-4H3. The molecule has 0 amide bonds.